The van der Waals surface area contributed by atoms with Crippen LogP contribution in [0.3, 0.4) is 0 Å². The molecule has 0 spiro atoms. The van der Waals surface area contributed by atoms with Gasteiger partial charge in [0.05, 0.1) is 44.8 Å². The van der Waals surface area contributed by atoms with E-state index >= 15 is 0 Å². The number of hydrogen-bond acceptors (Lipinski definition) is 7. The van der Waals surface area contributed by atoms with Crippen molar-refractivity contribution in [1.82, 2.24) is 4.98 Å². The van der Waals surface area contributed by atoms with Crippen LogP contribution in [-0.4, -0.2) is 43.8 Å². The van der Waals surface area contributed by atoms with Gasteiger partial charge in [-0.2, -0.15) is 0 Å². The molecule has 0 saturated heterocycles. The largest absolute Gasteiger partial charge is 0.510 e. The molecule has 3 aromatic rings. The number of aliphatic hydroxyl groups is 1. The summed E-state index contributed by atoms with van der Waals surface area (Å²) in [5.74, 6) is 2.27. The SMILES string of the molecule is COc1ccc(-c2csc(C3=C(O)CN(c4ccc(OC)cc4OC)C3=N)n2)cc1. The number of thiazole rings is 1. The highest BCUT2D eigenvalue weighted by atomic mass is 32.1. The van der Waals surface area contributed by atoms with Crippen LogP contribution in [0.4, 0.5) is 5.69 Å². The van der Waals surface area contributed by atoms with Crippen molar-refractivity contribution in [2.75, 3.05) is 32.8 Å². The number of anilines is 1. The Morgan fingerprint density at radius 2 is 1.70 bits per heavy atom. The molecule has 0 saturated carbocycles. The van der Waals surface area contributed by atoms with Crippen LogP contribution in [0.2, 0.25) is 0 Å². The van der Waals surface area contributed by atoms with Crippen molar-refractivity contribution in [3.05, 3.63) is 58.6 Å². The van der Waals surface area contributed by atoms with Crippen molar-refractivity contribution >= 4 is 28.4 Å². The number of benzene rings is 2. The molecule has 2 heterocycles. The molecule has 0 atom stereocenters. The molecular formula is C22H21N3O4S. The number of aromatic nitrogens is 1. The van der Waals surface area contributed by atoms with Crippen LogP contribution in [0.25, 0.3) is 16.8 Å². The standard InChI is InChI=1S/C22H21N3O4S/c1-27-14-6-4-13(5-7-14)16-12-30-22(24-16)20-18(26)11-25(21(20)23)17-9-8-15(28-2)10-19(17)29-3/h4-10,12,23,26H,11H2,1-3H3. The second-order valence-corrected chi connectivity index (χ2v) is 7.42. The van der Waals surface area contributed by atoms with Crippen LogP contribution < -0.4 is 19.1 Å². The van der Waals surface area contributed by atoms with Crippen LogP contribution in [0.15, 0.2) is 53.6 Å². The number of ether oxygens (including phenoxy) is 3. The van der Waals surface area contributed by atoms with Crippen molar-refractivity contribution in [1.29, 1.82) is 5.41 Å². The Labute approximate surface area is 178 Å². The van der Waals surface area contributed by atoms with Gasteiger partial charge in [0.1, 0.15) is 33.9 Å². The molecular weight excluding hydrogens is 402 g/mol. The Morgan fingerprint density at radius 1 is 1.00 bits per heavy atom. The quantitative estimate of drug-likeness (QED) is 0.602. The highest BCUT2D eigenvalue weighted by molar-refractivity contribution is 7.11. The zero-order chi connectivity index (χ0) is 21.3. The summed E-state index contributed by atoms with van der Waals surface area (Å²) in [7, 11) is 4.77. The number of nitrogens with one attached hydrogen (secondary N) is 1. The maximum atomic E-state index is 10.6. The molecule has 1 aliphatic heterocycles. The fraction of sp³-hybridized carbons (Fsp3) is 0.182. The normalized spacial score (nSPS) is 13.7. The van der Waals surface area contributed by atoms with E-state index in [2.05, 4.69) is 4.98 Å². The van der Waals surface area contributed by atoms with Crippen molar-refractivity contribution in [3.8, 4) is 28.5 Å². The Bertz CT molecular complexity index is 1120. The van der Waals surface area contributed by atoms with Gasteiger partial charge in [0.25, 0.3) is 0 Å². The number of nitrogens with zero attached hydrogens (tertiary/aromatic N) is 2. The summed E-state index contributed by atoms with van der Waals surface area (Å²) in [5.41, 5.74) is 2.83. The van der Waals surface area contributed by atoms with Gasteiger partial charge in [0.15, 0.2) is 0 Å². The van der Waals surface area contributed by atoms with Gasteiger partial charge in [-0.05, 0) is 36.4 Å². The smallest absolute Gasteiger partial charge is 0.146 e. The summed E-state index contributed by atoms with van der Waals surface area (Å²) < 4.78 is 15.9. The number of methoxy groups -OCH3 is 3. The summed E-state index contributed by atoms with van der Waals surface area (Å²) in [4.78, 5) is 6.35. The average Bonchev–Trinajstić information content (AvgIpc) is 3.37. The molecule has 1 aromatic heterocycles. The predicted molar refractivity (Wildman–Crippen MR) is 118 cm³/mol. The van der Waals surface area contributed by atoms with Gasteiger partial charge < -0.3 is 24.2 Å². The lowest BCUT2D eigenvalue weighted by atomic mass is 10.1. The minimum Gasteiger partial charge on any atom is -0.510 e. The first-order valence-electron chi connectivity index (χ1n) is 9.16. The third-order valence-electron chi connectivity index (χ3n) is 4.88. The third-order valence-corrected chi connectivity index (χ3v) is 5.74. The van der Waals surface area contributed by atoms with Crippen molar-refractivity contribution in [3.63, 3.8) is 0 Å². The highest BCUT2D eigenvalue weighted by Crippen LogP contribution is 2.39. The molecule has 2 N–H and O–H groups in total. The Balaban J connectivity index is 1.63. The lowest BCUT2D eigenvalue weighted by molar-refractivity contribution is 0.393. The first-order chi connectivity index (χ1) is 14.5. The molecule has 7 nitrogen and oxygen atoms in total. The monoisotopic (exact) mass is 423 g/mol. The van der Waals surface area contributed by atoms with E-state index in [4.69, 9.17) is 19.6 Å². The molecule has 0 bridgehead atoms. The maximum Gasteiger partial charge on any atom is 0.146 e. The van der Waals surface area contributed by atoms with Crippen molar-refractivity contribution in [2.24, 2.45) is 0 Å². The molecule has 0 amide bonds. The van der Waals surface area contributed by atoms with E-state index in [0.29, 0.717) is 27.8 Å². The first-order valence-corrected chi connectivity index (χ1v) is 10.0. The number of rotatable bonds is 6. The molecule has 30 heavy (non-hydrogen) atoms. The molecule has 0 unspecified atom stereocenters. The zero-order valence-corrected chi connectivity index (χ0v) is 17.6. The summed E-state index contributed by atoms with van der Waals surface area (Å²) in [6, 6.07) is 13.0. The highest BCUT2D eigenvalue weighted by Gasteiger charge is 2.32. The van der Waals surface area contributed by atoms with Gasteiger partial charge in [-0.15, -0.1) is 11.3 Å². The predicted octanol–water partition coefficient (Wildman–Crippen LogP) is 4.60. The Kier molecular flexibility index (Phi) is 5.33. The topological polar surface area (TPSA) is 87.9 Å². The van der Waals surface area contributed by atoms with Gasteiger partial charge in [-0.1, -0.05) is 0 Å². The van der Waals surface area contributed by atoms with E-state index < -0.39 is 0 Å². The van der Waals surface area contributed by atoms with Crippen LogP contribution in [0.1, 0.15) is 5.01 Å². The minimum absolute atomic E-state index is 0.105. The lowest BCUT2D eigenvalue weighted by Crippen LogP contribution is -2.26. The number of hydrogen-bond donors (Lipinski definition) is 2. The van der Waals surface area contributed by atoms with Gasteiger partial charge in [0, 0.05) is 17.0 Å². The molecule has 8 heteroatoms. The number of amidine groups is 1. The van der Waals surface area contributed by atoms with E-state index in [9.17, 15) is 5.11 Å². The van der Waals surface area contributed by atoms with Crippen molar-refractivity contribution < 1.29 is 19.3 Å². The molecule has 0 fully saturated rings. The fourth-order valence-corrected chi connectivity index (χ4v) is 4.20. The second-order valence-electron chi connectivity index (χ2n) is 6.56. The van der Waals surface area contributed by atoms with Crippen LogP contribution in [0.5, 0.6) is 17.2 Å². The van der Waals surface area contributed by atoms with E-state index in [1.165, 1.54) is 11.3 Å². The molecule has 4 rings (SSSR count). The lowest BCUT2D eigenvalue weighted by Gasteiger charge is -2.21. The first kappa shape index (κ1) is 19.8. The molecule has 2 aromatic carbocycles. The molecule has 1 aliphatic rings. The van der Waals surface area contributed by atoms with Gasteiger partial charge in [-0.3, -0.25) is 5.41 Å². The van der Waals surface area contributed by atoms with Crippen molar-refractivity contribution in [2.45, 2.75) is 0 Å². The van der Waals surface area contributed by atoms with E-state index in [-0.39, 0.29) is 18.1 Å². The van der Waals surface area contributed by atoms with Crippen LogP contribution >= 0.6 is 11.3 Å². The van der Waals surface area contributed by atoms with E-state index in [0.717, 1.165) is 17.0 Å². The average molecular weight is 423 g/mol. The summed E-state index contributed by atoms with van der Waals surface area (Å²) in [5, 5.41) is 21.8. The van der Waals surface area contributed by atoms with E-state index in [1.54, 1.807) is 38.4 Å². The van der Waals surface area contributed by atoms with Crippen LogP contribution in [0, 0.1) is 5.41 Å². The van der Waals surface area contributed by atoms with E-state index in [1.807, 2.05) is 35.7 Å². The molecule has 0 aliphatic carbocycles. The Morgan fingerprint density at radius 3 is 2.37 bits per heavy atom. The van der Waals surface area contributed by atoms with Gasteiger partial charge in [-0.25, -0.2) is 4.98 Å². The summed E-state index contributed by atoms with van der Waals surface area (Å²) in [6.45, 7) is 0.175. The summed E-state index contributed by atoms with van der Waals surface area (Å²) in [6.07, 6.45) is 0. The minimum atomic E-state index is 0.105. The van der Waals surface area contributed by atoms with Crippen LogP contribution in [-0.2, 0) is 0 Å². The van der Waals surface area contributed by atoms with Gasteiger partial charge in [0.2, 0.25) is 0 Å². The van der Waals surface area contributed by atoms with Gasteiger partial charge >= 0.3 is 0 Å². The fourth-order valence-electron chi connectivity index (χ4n) is 3.30. The zero-order valence-electron chi connectivity index (χ0n) is 16.8. The molecule has 0 radical (unpaired) electrons. The molecule has 154 valence electrons. The number of aliphatic hydroxyl groups excluding tert-OH is 1. The third kappa shape index (κ3) is 3.46. The summed E-state index contributed by atoms with van der Waals surface area (Å²) >= 11 is 1.39. The maximum absolute atomic E-state index is 10.6. The Hall–Kier alpha value is -3.52. The second kappa shape index (κ2) is 8.08.